The number of fused-ring (bicyclic) bond motifs is 3. The number of pyridine rings is 1. The smallest absolute Gasteiger partial charge is 0.407 e. The molecule has 2 aromatic heterocycles. The highest BCUT2D eigenvalue weighted by molar-refractivity contribution is 6.01. The summed E-state index contributed by atoms with van der Waals surface area (Å²) >= 11 is 0. The van der Waals surface area contributed by atoms with Gasteiger partial charge in [0.15, 0.2) is 5.82 Å². The van der Waals surface area contributed by atoms with Gasteiger partial charge in [0.2, 0.25) is 0 Å². The monoisotopic (exact) mass is 690 g/mol. The number of carbonyl (C=O) groups is 1. The minimum Gasteiger partial charge on any atom is -0.508 e. The molecule has 0 bridgehead atoms. The van der Waals surface area contributed by atoms with E-state index in [-0.39, 0.29) is 59.9 Å². The average Bonchev–Trinajstić information content (AvgIpc) is 3.65. The maximum absolute atomic E-state index is 16.9. The largest absolute Gasteiger partial charge is 0.508 e. The van der Waals surface area contributed by atoms with Crippen LogP contribution in [0, 0.1) is 11.6 Å². The number of amides is 1. The van der Waals surface area contributed by atoms with Crippen molar-refractivity contribution in [2.75, 3.05) is 44.3 Å². The number of alkyl carbamates (subject to hydrolysis) is 1. The van der Waals surface area contributed by atoms with Gasteiger partial charge in [0, 0.05) is 37.4 Å². The third kappa shape index (κ3) is 6.25. The SMILES string of the molecule is CCNC(=O)OC[C@@H]1CC[C@]2(COc3nc(N4CCC[C@@](C)(O)C4)c4cnc(-c5cc(O)cc6ccc(F)c(CC)c56)c(F)c4n3)CCCN12. The number of nitrogens with zero attached hydrogens (tertiary/aromatic N) is 5. The van der Waals surface area contributed by atoms with E-state index in [1.54, 1.807) is 13.0 Å². The number of phenols is 1. The number of anilines is 1. The summed E-state index contributed by atoms with van der Waals surface area (Å²) in [6.07, 6.45) is 6.31. The van der Waals surface area contributed by atoms with Gasteiger partial charge in [-0.15, -0.1) is 0 Å². The summed E-state index contributed by atoms with van der Waals surface area (Å²) in [5.74, 6) is -0.862. The van der Waals surface area contributed by atoms with Gasteiger partial charge in [-0.1, -0.05) is 13.0 Å². The van der Waals surface area contributed by atoms with Gasteiger partial charge in [0.1, 0.15) is 41.8 Å². The van der Waals surface area contributed by atoms with Gasteiger partial charge in [0.25, 0.3) is 0 Å². The van der Waals surface area contributed by atoms with Crippen molar-refractivity contribution in [3.8, 4) is 23.0 Å². The number of aryl methyl sites for hydroxylation is 1. The molecule has 2 aromatic carbocycles. The molecule has 3 saturated heterocycles. The van der Waals surface area contributed by atoms with E-state index in [9.17, 15) is 15.0 Å². The molecule has 3 aliphatic heterocycles. The summed E-state index contributed by atoms with van der Waals surface area (Å²) in [6.45, 7) is 8.20. The molecule has 0 unspecified atom stereocenters. The van der Waals surface area contributed by atoms with Crippen molar-refractivity contribution in [3.63, 3.8) is 0 Å². The second-order valence-electron chi connectivity index (χ2n) is 14.1. The van der Waals surface area contributed by atoms with Gasteiger partial charge in [-0.2, -0.15) is 9.97 Å². The molecule has 266 valence electrons. The zero-order chi connectivity index (χ0) is 35.2. The Bertz CT molecular complexity index is 1940. The van der Waals surface area contributed by atoms with Gasteiger partial charge in [-0.3, -0.25) is 9.88 Å². The molecule has 3 aliphatic rings. The molecular weight excluding hydrogens is 646 g/mol. The summed E-state index contributed by atoms with van der Waals surface area (Å²) in [6, 6.07) is 5.90. The molecule has 0 saturated carbocycles. The fraction of sp³-hybridized carbons (Fsp3) is 0.514. The van der Waals surface area contributed by atoms with Crippen LogP contribution in [-0.2, 0) is 11.2 Å². The lowest BCUT2D eigenvalue weighted by Crippen LogP contribution is -2.48. The van der Waals surface area contributed by atoms with Crippen molar-refractivity contribution in [1.82, 2.24) is 25.2 Å². The van der Waals surface area contributed by atoms with E-state index in [1.807, 2.05) is 18.7 Å². The molecule has 50 heavy (non-hydrogen) atoms. The number of carbonyl (C=O) groups excluding carboxylic acids is 1. The number of ether oxygens (including phenoxy) is 2. The van der Waals surface area contributed by atoms with Crippen LogP contribution in [0.25, 0.3) is 32.9 Å². The minimum absolute atomic E-state index is 0.00178. The maximum atomic E-state index is 16.9. The summed E-state index contributed by atoms with van der Waals surface area (Å²) in [5, 5.41) is 25.7. The van der Waals surface area contributed by atoms with Gasteiger partial charge < -0.3 is 29.9 Å². The summed E-state index contributed by atoms with van der Waals surface area (Å²) in [5.41, 5.74) is -0.717. The molecule has 3 N–H and O–H groups in total. The quantitative estimate of drug-likeness (QED) is 0.196. The molecule has 3 fully saturated rings. The number of hydrogen-bond acceptors (Lipinski definition) is 10. The van der Waals surface area contributed by atoms with Crippen LogP contribution in [0.2, 0.25) is 0 Å². The number of phenolic OH excluding ortho intramolecular Hbond substituents is 1. The Kier molecular flexibility index (Phi) is 9.14. The zero-order valence-corrected chi connectivity index (χ0v) is 28.8. The highest BCUT2D eigenvalue weighted by Crippen LogP contribution is 2.44. The number of aromatic hydroxyl groups is 1. The van der Waals surface area contributed by atoms with Gasteiger partial charge in [-0.05, 0) is 99.9 Å². The van der Waals surface area contributed by atoms with Crippen LogP contribution in [0.5, 0.6) is 11.8 Å². The first-order valence-electron chi connectivity index (χ1n) is 17.6. The topological polar surface area (TPSA) is 133 Å². The van der Waals surface area contributed by atoms with E-state index in [1.165, 1.54) is 24.4 Å². The molecule has 13 heteroatoms. The molecular formula is C37H44F2N6O5. The van der Waals surface area contributed by atoms with Crippen LogP contribution in [0.3, 0.4) is 0 Å². The number of piperidine rings is 1. The lowest BCUT2D eigenvalue weighted by atomic mass is 9.94. The second-order valence-corrected chi connectivity index (χ2v) is 14.1. The number of nitrogens with one attached hydrogen (secondary N) is 1. The molecule has 4 aromatic rings. The van der Waals surface area contributed by atoms with Crippen LogP contribution < -0.4 is 15.0 Å². The van der Waals surface area contributed by atoms with E-state index in [0.717, 1.165) is 32.2 Å². The maximum Gasteiger partial charge on any atom is 0.407 e. The molecule has 0 aliphatic carbocycles. The fourth-order valence-electron chi connectivity index (χ4n) is 8.30. The van der Waals surface area contributed by atoms with E-state index in [2.05, 4.69) is 20.2 Å². The van der Waals surface area contributed by atoms with Crippen molar-refractivity contribution in [1.29, 1.82) is 0 Å². The molecule has 3 atom stereocenters. The fourth-order valence-corrected chi connectivity index (χ4v) is 8.30. The lowest BCUT2D eigenvalue weighted by molar-refractivity contribution is 0.0445. The van der Waals surface area contributed by atoms with E-state index >= 15 is 8.78 Å². The van der Waals surface area contributed by atoms with E-state index in [0.29, 0.717) is 59.9 Å². The van der Waals surface area contributed by atoms with Gasteiger partial charge >= 0.3 is 12.1 Å². The molecule has 11 nitrogen and oxygen atoms in total. The Morgan fingerprint density at radius 2 is 1.94 bits per heavy atom. The van der Waals surface area contributed by atoms with Crippen molar-refractivity contribution in [2.45, 2.75) is 82.9 Å². The number of hydrogen-bond donors (Lipinski definition) is 3. The third-order valence-corrected chi connectivity index (χ3v) is 10.6. The standard InChI is InChI=1S/C37H44F2N6O5/c1-4-25-28(38)9-8-22-16-24(46)17-26(29(22)25)31-30(39)32-27(18-41-31)33(44-14-6-11-36(3,48)20-44)43-34(42-32)50-21-37-12-7-15-45(37)23(10-13-37)19-49-35(47)40-5-2/h8-9,16-18,23,46,48H,4-7,10-15,19-21H2,1-3H3,(H,40,47)/t23-,36+,37-/m0/s1. The highest BCUT2D eigenvalue weighted by Gasteiger charge is 2.50. The Hall–Kier alpha value is -4.36. The van der Waals surface area contributed by atoms with Crippen molar-refractivity contribution in [3.05, 3.63) is 47.7 Å². The molecule has 1 amide bonds. The average molecular weight is 691 g/mol. The van der Waals surface area contributed by atoms with Gasteiger partial charge in [0.05, 0.1) is 16.5 Å². The van der Waals surface area contributed by atoms with Crippen LogP contribution in [0.1, 0.15) is 64.9 Å². The summed E-state index contributed by atoms with van der Waals surface area (Å²) in [7, 11) is 0. The first-order chi connectivity index (χ1) is 24.0. The molecule has 5 heterocycles. The number of aliphatic hydroxyl groups is 1. The predicted octanol–water partition coefficient (Wildman–Crippen LogP) is 5.86. The highest BCUT2D eigenvalue weighted by atomic mass is 19.1. The zero-order valence-electron chi connectivity index (χ0n) is 28.8. The first kappa shape index (κ1) is 34.1. The Morgan fingerprint density at radius 1 is 1.12 bits per heavy atom. The third-order valence-electron chi connectivity index (χ3n) is 10.6. The normalized spacial score (nSPS) is 23.8. The Balaban J connectivity index is 1.28. The number of aromatic nitrogens is 3. The number of benzene rings is 2. The van der Waals surface area contributed by atoms with Crippen LogP contribution >= 0.6 is 0 Å². The summed E-state index contributed by atoms with van der Waals surface area (Å²) in [4.78, 5) is 30.2. The van der Waals surface area contributed by atoms with Crippen LogP contribution in [0.4, 0.5) is 19.4 Å². The Labute approximate surface area is 289 Å². The molecule has 7 rings (SSSR count). The number of β-amino-alcohol motifs (C(OH)–C–C–N with tert-alkyl or cyclic N) is 1. The molecule has 0 radical (unpaired) electrons. The second kappa shape index (κ2) is 13.4. The van der Waals surface area contributed by atoms with Crippen molar-refractivity contribution < 1.29 is 33.3 Å². The van der Waals surface area contributed by atoms with Crippen LogP contribution in [-0.4, -0.2) is 92.7 Å². The van der Waals surface area contributed by atoms with E-state index in [4.69, 9.17) is 14.5 Å². The predicted molar refractivity (Wildman–Crippen MR) is 186 cm³/mol. The first-order valence-corrected chi connectivity index (χ1v) is 17.6. The number of rotatable bonds is 9. The van der Waals surface area contributed by atoms with Gasteiger partial charge in [-0.25, -0.2) is 13.6 Å². The van der Waals surface area contributed by atoms with Crippen LogP contribution in [0.15, 0.2) is 30.5 Å². The summed E-state index contributed by atoms with van der Waals surface area (Å²) < 4.78 is 43.8. The van der Waals surface area contributed by atoms with Crippen molar-refractivity contribution >= 4 is 33.6 Å². The van der Waals surface area contributed by atoms with E-state index < -0.39 is 23.3 Å². The Morgan fingerprint density at radius 3 is 2.72 bits per heavy atom. The van der Waals surface area contributed by atoms with Crippen molar-refractivity contribution in [2.24, 2.45) is 0 Å². The molecule has 0 spiro atoms. The number of halogens is 2. The lowest BCUT2D eigenvalue weighted by Gasteiger charge is -2.38. The minimum atomic E-state index is -0.970.